The molecule has 0 fully saturated rings. The zero-order chi connectivity index (χ0) is 15.9. The van der Waals surface area contributed by atoms with Crippen molar-refractivity contribution in [1.82, 2.24) is 5.48 Å². The van der Waals surface area contributed by atoms with E-state index in [0.29, 0.717) is 16.9 Å². The molecule has 0 aliphatic rings. The van der Waals surface area contributed by atoms with Crippen LogP contribution in [0.25, 0.3) is 0 Å². The van der Waals surface area contributed by atoms with Gasteiger partial charge < -0.3 is 4.84 Å². The molecule has 21 heavy (non-hydrogen) atoms. The summed E-state index contributed by atoms with van der Waals surface area (Å²) in [6, 6.07) is 0. The van der Waals surface area contributed by atoms with Crippen molar-refractivity contribution in [3.63, 3.8) is 0 Å². The summed E-state index contributed by atoms with van der Waals surface area (Å²) in [5.74, 6) is 6.09. The molecule has 0 saturated carbocycles. The molecule has 4 heteroatoms. The molecular weight excluding hydrogens is 377 g/mol. The van der Waals surface area contributed by atoms with E-state index in [9.17, 15) is 4.79 Å². The maximum absolute atomic E-state index is 11.6. The van der Waals surface area contributed by atoms with Gasteiger partial charge in [-0.2, -0.15) is 5.48 Å². The minimum atomic E-state index is -0.159. The Morgan fingerprint density at radius 1 is 1.19 bits per heavy atom. The molecule has 2 atom stereocenters. The van der Waals surface area contributed by atoms with E-state index >= 15 is 0 Å². The minimum absolute atomic E-state index is 0.159. The van der Waals surface area contributed by atoms with Crippen LogP contribution in [0.3, 0.4) is 0 Å². The Bertz CT molecular complexity index is 320. The van der Waals surface area contributed by atoms with Crippen LogP contribution in [0.15, 0.2) is 0 Å². The molecule has 0 aromatic carbocycles. The highest BCUT2D eigenvalue weighted by Gasteiger charge is 2.12. The number of hydrogen-bond donors (Lipinski definition) is 1. The lowest BCUT2D eigenvalue weighted by Gasteiger charge is -2.14. The molecule has 0 spiro atoms. The average molecular weight is 407 g/mol. The fraction of sp³-hybridized carbons (Fsp3) is 0.824. The molecule has 0 heterocycles. The van der Waals surface area contributed by atoms with Crippen molar-refractivity contribution in [2.45, 2.75) is 76.1 Å². The van der Waals surface area contributed by atoms with E-state index in [0.717, 1.165) is 12.8 Å². The smallest absolute Gasteiger partial charge is 0.324 e. The fourth-order valence-electron chi connectivity index (χ4n) is 2.00. The highest BCUT2D eigenvalue weighted by Crippen LogP contribution is 2.11. The lowest BCUT2D eigenvalue weighted by molar-refractivity contribution is -0.151. The first-order chi connectivity index (χ1) is 10.1. The first-order valence-corrected chi connectivity index (χ1v) is 9.35. The number of hydroxylamine groups is 1. The number of carbonyl (C=O) groups excluding carboxylic acids is 1. The van der Waals surface area contributed by atoms with Gasteiger partial charge in [-0.05, 0) is 13.3 Å². The number of halogens is 1. The van der Waals surface area contributed by atoms with Gasteiger partial charge in [0.25, 0.3) is 0 Å². The molecule has 2 unspecified atom stereocenters. The Kier molecular flexibility index (Phi) is 14.5. The molecule has 0 radical (unpaired) electrons. The number of hydrogen-bond acceptors (Lipinski definition) is 3. The van der Waals surface area contributed by atoms with Crippen LogP contribution >= 0.6 is 22.6 Å². The van der Waals surface area contributed by atoms with Gasteiger partial charge in [0.1, 0.15) is 0 Å². The van der Waals surface area contributed by atoms with E-state index < -0.39 is 0 Å². The van der Waals surface area contributed by atoms with Crippen LogP contribution in [0.5, 0.6) is 0 Å². The Morgan fingerprint density at radius 3 is 2.38 bits per heavy atom. The molecule has 122 valence electrons. The van der Waals surface area contributed by atoms with Gasteiger partial charge in [-0.1, -0.05) is 80.9 Å². The van der Waals surface area contributed by atoms with Gasteiger partial charge in [0, 0.05) is 22.8 Å². The Hall–Kier alpha value is -0.280. The summed E-state index contributed by atoms with van der Waals surface area (Å²) in [5, 5.41) is 0. The third-order valence-corrected chi connectivity index (χ3v) is 4.23. The molecule has 0 saturated heterocycles. The van der Waals surface area contributed by atoms with Gasteiger partial charge in [0.05, 0.1) is 0 Å². The second-order valence-corrected chi connectivity index (χ2v) is 7.34. The lowest BCUT2D eigenvalue weighted by Crippen LogP contribution is -2.28. The van der Waals surface area contributed by atoms with Crippen LogP contribution in [0.4, 0.5) is 0 Å². The zero-order valence-corrected chi connectivity index (χ0v) is 15.9. The van der Waals surface area contributed by atoms with Gasteiger partial charge >= 0.3 is 5.97 Å². The highest BCUT2D eigenvalue weighted by atomic mass is 127. The van der Waals surface area contributed by atoms with Crippen LogP contribution in [0, 0.1) is 17.8 Å². The Balaban J connectivity index is 3.55. The first-order valence-electron chi connectivity index (χ1n) is 8.10. The summed E-state index contributed by atoms with van der Waals surface area (Å²) in [4.78, 5) is 16.6. The fourth-order valence-corrected chi connectivity index (χ4v) is 2.44. The predicted octanol–water partition coefficient (Wildman–Crippen LogP) is 4.64. The quantitative estimate of drug-likeness (QED) is 0.168. The monoisotopic (exact) mass is 407 g/mol. The molecule has 0 aromatic rings. The summed E-state index contributed by atoms with van der Waals surface area (Å²) < 4.78 is 0.421. The standard InChI is InChI=1S/C17H30INO2/c1-4-6-7-8-9-10-11-13-17(20)21-19-14-16(12-5-2)15(3)18/h15-16,19H,4,6-11,13-14H2,1-3H3. The molecule has 0 rings (SSSR count). The number of nitrogens with one attached hydrogen (secondary N) is 1. The summed E-state index contributed by atoms with van der Waals surface area (Å²) in [7, 11) is 0. The van der Waals surface area contributed by atoms with E-state index in [1.54, 1.807) is 0 Å². The van der Waals surface area contributed by atoms with Crippen LogP contribution in [0.1, 0.15) is 72.1 Å². The second kappa shape index (κ2) is 14.6. The summed E-state index contributed by atoms with van der Waals surface area (Å²) in [6.07, 6.45) is 8.97. The zero-order valence-electron chi connectivity index (χ0n) is 13.7. The summed E-state index contributed by atoms with van der Waals surface area (Å²) in [6.45, 7) is 6.75. The van der Waals surface area contributed by atoms with Crippen LogP contribution in [0.2, 0.25) is 0 Å². The molecule has 0 aromatic heterocycles. The second-order valence-electron chi connectivity index (χ2n) is 5.37. The average Bonchev–Trinajstić information content (AvgIpc) is 2.45. The third kappa shape index (κ3) is 13.1. The van der Waals surface area contributed by atoms with Crippen molar-refractivity contribution in [2.75, 3.05) is 6.54 Å². The van der Waals surface area contributed by atoms with Crippen molar-refractivity contribution >= 4 is 28.6 Å². The minimum Gasteiger partial charge on any atom is -0.371 e. The molecule has 0 amide bonds. The van der Waals surface area contributed by atoms with Gasteiger partial charge in [0.2, 0.25) is 0 Å². The highest BCUT2D eigenvalue weighted by molar-refractivity contribution is 14.1. The van der Waals surface area contributed by atoms with Crippen LogP contribution < -0.4 is 5.48 Å². The number of rotatable bonds is 12. The van der Waals surface area contributed by atoms with E-state index in [1.165, 1.54) is 32.1 Å². The van der Waals surface area contributed by atoms with E-state index in [1.807, 2.05) is 6.92 Å². The molecule has 3 nitrogen and oxygen atoms in total. The normalized spacial score (nSPS) is 13.1. The van der Waals surface area contributed by atoms with Crippen molar-refractivity contribution in [3.8, 4) is 11.8 Å². The van der Waals surface area contributed by atoms with E-state index in [-0.39, 0.29) is 11.9 Å². The lowest BCUT2D eigenvalue weighted by atomic mass is 10.1. The van der Waals surface area contributed by atoms with Crippen molar-refractivity contribution in [3.05, 3.63) is 0 Å². The Labute approximate surface area is 144 Å². The van der Waals surface area contributed by atoms with E-state index in [4.69, 9.17) is 4.84 Å². The first kappa shape index (κ1) is 20.7. The topological polar surface area (TPSA) is 38.3 Å². The van der Waals surface area contributed by atoms with Gasteiger partial charge in [0.15, 0.2) is 0 Å². The Morgan fingerprint density at radius 2 is 1.81 bits per heavy atom. The van der Waals surface area contributed by atoms with Crippen molar-refractivity contribution in [2.24, 2.45) is 5.92 Å². The number of unbranched alkanes of at least 4 members (excludes halogenated alkanes) is 6. The number of alkyl halides is 1. The molecule has 0 bridgehead atoms. The van der Waals surface area contributed by atoms with Crippen LogP contribution in [-0.4, -0.2) is 16.4 Å². The molecule has 0 aliphatic heterocycles. The summed E-state index contributed by atoms with van der Waals surface area (Å²) in [5.41, 5.74) is 2.76. The number of carbonyl (C=O) groups is 1. The molecule has 0 aliphatic carbocycles. The maximum Gasteiger partial charge on any atom is 0.324 e. The van der Waals surface area contributed by atoms with Gasteiger partial charge in [-0.15, -0.1) is 5.92 Å². The van der Waals surface area contributed by atoms with Crippen molar-refractivity contribution < 1.29 is 9.63 Å². The largest absolute Gasteiger partial charge is 0.371 e. The maximum atomic E-state index is 11.6. The third-order valence-electron chi connectivity index (χ3n) is 3.36. The van der Waals surface area contributed by atoms with E-state index in [2.05, 4.69) is 53.8 Å². The SMILES string of the molecule is CC#CC(CNOC(=O)CCCCCCCCC)C(C)I. The van der Waals surface area contributed by atoms with Gasteiger partial charge in [-0.3, -0.25) is 4.79 Å². The summed E-state index contributed by atoms with van der Waals surface area (Å²) >= 11 is 2.34. The predicted molar refractivity (Wildman–Crippen MR) is 97.1 cm³/mol. The van der Waals surface area contributed by atoms with Crippen molar-refractivity contribution in [1.29, 1.82) is 0 Å². The molecular formula is C17H30INO2. The van der Waals surface area contributed by atoms with Gasteiger partial charge in [-0.25, -0.2) is 0 Å². The van der Waals surface area contributed by atoms with Crippen LogP contribution in [-0.2, 0) is 9.63 Å². The molecule has 1 N–H and O–H groups in total.